The third kappa shape index (κ3) is 39.7. The van der Waals surface area contributed by atoms with Crippen LogP contribution in [0.2, 0.25) is 0 Å². The quantitative estimate of drug-likeness (QED) is 0.00690. The van der Waals surface area contributed by atoms with Gasteiger partial charge in [0.15, 0.2) is 0 Å². The Balaban J connectivity index is 0.000000405. The number of nitrogens with two attached hydrogens (primary N) is 3. The Bertz CT molecular complexity index is 6160. The first-order chi connectivity index (χ1) is 62.2. The molecule has 0 saturated heterocycles. The van der Waals surface area contributed by atoms with Gasteiger partial charge in [-0.3, -0.25) is 69.2 Å². The Hall–Kier alpha value is -15.2. The number of carboxylic acids is 1. The smallest absolute Gasteiger partial charge is 0.857 e. The number of nitro benzene ring substituents is 4. The van der Waals surface area contributed by atoms with Crippen molar-refractivity contribution in [3.8, 4) is 40.2 Å². The molecule has 12 N–H and O–H groups in total. The van der Waals surface area contributed by atoms with Crippen LogP contribution >= 0.6 is 21.4 Å². The third-order valence-electron chi connectivity index (χ3n) is 17.0. The molecule has 0 fully saturated rings. The number of ether oxygens (including phenoxy) is 4. The number of benzene rings is 13. The Kier molecular flexibility index (Phi) is 48.5. The molecule has 0 saturated carbocycles. The van der Waals surface area contributed by atoms with E-state index in [1.54, 1.807) is 84.9 Å². The molecule has 40 heteroatoms. The molecule has 0 spiro atoms. The number of phenolic OH excluding ortho intramolecular Hbond substituents is 1. The van der Waals surface area contributed by atoms with Gasteiger partial charge in [-0.15, -0.1) is 0 Å². The summed E-state index contributed by atoms with van der Waals surface area (Å²) in [5.41, 5.74) is 26.9. The van der Waals surface area contributed by atoms with Crippen molar-refractivity contribution in [2.24, 2.45) is 0 Å². The van der Waals surface area contributed by atoms with Crippen LogP contribution in [0.15, 0.2) is 297 Å². The zero-order chi connectivity index (χ0) is 97.0. The molecule has 0 heterocycles. The minimum absolute atomic E-state index is 0. The molecule has 34 nitrogen and oxygen atoms in total. The second kappa shape index (κ2) is 57.6. The van der Waals surface area contributed by atoms with Crippen LogP contribution in [0, 0.1) is 80.9 Å². The SMILES string of the molecule is CC(=O)Oc1ccc(C(=O)Nc2ccccc2C)cc1.CC(=O)Oc1ccc(C(=O)O)cc1.C[O-].Cc1ccccc1N.Cc1ccccc1NC(=O)c1ccc(O)cc1.Cc1ccccc1NC(=O)c1ccc(Oc2ccc(N)cc2N)cc1.Cc1ccccc1NC(=O)c1ccc(Oc2ccc([N+](=O)[O-])cc2[N+](=O)[O-])cc1.O=S(Cl)Cl.O=[N+]([O-])c1ccc(F)c([N+](=O)[O-])c1.[Na+].[V]. The van der Waals surface area contributed by atoms with E-state index in [1.807, 2.05) is 150 Å². The van der Waals surface area contributed by atoms with Crippen molar-refractivity contribution in [3.05, 3.63) is 399 Å². The number of para-hydroxylation sites is 5. The van der Waals surface area contributed by atoms with E-state index in [2.05, 4.69) is 42.6 Å². The molecule has 13 rings (SSSR count). The van der Waals surface area contributed by atoms with Crippen LogP contribution in [-0.4, -0.2) is 82.8 Å². The van der Waals surface area contributed by atoms with E-state index < -0.39 is 69.4 Å². The fourth-order valence-corrected chi connectivity index (χ4v) is 10.4. The number of nitrogen functional groups attached to an aromatic ring is 3. The molecular weight excluding hydrogens is 1830 g/mol. The van der Waals surface area contributed by atoms with E-state index in [-0.39, 0.29) is 101 Å². The second-order valence-electron chi connectivity index (χ2n) is 26.6. The molecule has 0 unspecified atom stereocenters. The molecule has 0 aromatic heterocycles. The van der Waals surface area contributed by atoms with Gasteiger partial charge < -0.3 is 72.7 Å². The summed E-state index contributed by atoms with van der Waals surface area (Å²) in [7, 11) is 8.11. The molecular formula is C93H85Cl2FN11NaO23SV. The van der Waals surface area contributed by atoms with Gasteiger partial charge >= 0.3 is 58.8 Å². The summed E-state index contributed by atoms with van der Waals surface area (Å²) in [6, 6.07) is 79.3. The van der Waals surface area contributed by atoms with Gasteiger partial charge in [0.25, 0.3) is 35.0 Å². The Morgan fingerprint density at radius 2 is 0.662 bits per heavy atom. The van der Waals surface area contributed by atoms with E-state index in [0.717, 1.165) is 81.9 Å². The summed E-state index contributed by atoms with van der Waals surface area (Å²) in [6.07, 6.45) is 0. The number of nitrogens with zero attached hydrogens (tertiary/aromatic N) is 4. The van der Waals surface area contributed by atoms with E-state index in [0.29, 0.717) is 74.4 Å². The summed E-state index contributed by atoms with van der Waals surface area (Å²) >= 11 is 0. The van der Waals surface area contributed by atoms with Crippen molar-refractivity contribution < 1.29 is 144 Å². The summed E-state index contributed by atoms with van der Waals surface area (Å²) in [4.78, 5) is 119. The molecule has 0 aliphatic rings. The molecule has 0 bridgehead atoms. The van der Waals surface area contributed by atoms with Crippen LogP contribution in [-0.2, 0) is 37.4 Å². The van der Waals surface area contributed by atoms with Crippen LogP contribution in [0.25, 0.3) is 0 Å². The van der Waals surface area contributed by atoms with E-state index in [1.165, 1.54) is 74.5 Å². The first kappa shape index (κ1) is 112. The number of aromatic carboxylic acids is 1. The summed E-state index contributed by atoms with van der Waals surface area (Å²) < 4.78 is 42.5. The molecule has 13 aromatic carbocycles. The van der Waals surface area contributed by atoms with Gasteiger partial charge in [-0.05, 0) is 244 Å². The largest absolute Gasteiger partial charge is 1.00 e. The number of carbonyl (C=O) groups is 7. The monoisotopic (exact) mass is 1920 g/mol. The Morgan fingerprint density at radius 3 is 0.955 bits per heavy atom. The molecule has 683 valence electrons. The number of hydrogen-bond donors (Lipinski definition) is 9. The average Bonchev–Trinajstić information content (AvgIpc) is 0.825. The van der Waals surface area contributed by atoms with Crippen molar-refractivity contribution in [1.29, 1.82) is 0 Å². The first-order valence-corrected chi connectivity index (χ1v) is 40.8. The number of amides is 4. The van der Waals surface area contributed by atoms with Gasteiger partial charge in [-0.25, -0.2) is 9.00 Å². The van der Waals surface area contributed by atoms with E-state index in [9.17, 15) is 78.4 Å². The average molecular weight is 1920 g/mol. The van der Waals surface area contributed by atoms with Crippen LogP contribution in [0.4, 0.5) is 67.0 Å². The number of carbonyl (C=O) groups excluding carboxylic acids is 6. The molecule has 0 atom stereocenters. The number of anilines is 7. The van der Waals surface area contributed by atoms with Gasteiger partial charge in [0.2, 0.25) is 20.8 Å². The number of phenols is 1. The van der Waals surface area contributed by atoms with Gasteiger partial charge in [-0.1, -0.05) is 91.0 Å². The Morgan fingerprint density at radius 1 is 0.376 bits per heavy atom. The number of nitro groups is 4. The third-order valence-corrected chi connectivity index (χ3v) is 17.0. The summed E-state index contributed by atoms with van der Waals surface area (Å²) in [5, 5.41) is 79.6. The van der Waals surface area contributed by atoms with Crippen LogP contribution in [0.3, 0.4) is 0 Å². The number of rotatable bonds is 19. The minimum Gasteiger partial charge on any atom is -0.857 e. The summed E-state index contributed by atoms with van der Waals surface area (Å²) in [6.45, 7) is 12.3. The second-order valence-corrected chi connectivity index (χ2v) is 29.1. The number of carboxylic acid groups (broad SMARTS) is 1. The molecule has 13 aromatic rings. The normalized spacial score (nSPS) is 9.63. The van der Waals surface area contributed by atoms with E-state index in [4.69, 9.17) is 55.7 Å². The first-order valence-electron chi connectivity index (χ1n) is 38.0. The molecule has 1 radical (unpaired) electrons. The number of aromatic hydroxyl groups is 1. The maximum absolute atomic E-state index is 12.6. The number of nitrogens with one attached hydrogen (secondary N) is 4. The minimum atomic E-state index is -1.67. The Labute approximate surface area is 806 Å². The molecule has 0 aliphatic carbocycles. The predicted molar refractivity (Wildman–Crippen MR) is 496 cm³/mol. The van der Waals surface area contributed by atoms with Crippen molar-refractivity contribution in [1.82, 2.24) is 0 Å². The van der Waals surface area contributed by atoms with Gasteiger partial charge in [0, 0.05) is 122 Å². The molecule has 0 aliphatic heterocycles. The van der Waals surface area contributed by atoms with Gasteiger partial charge in [-0.2, -0.15) is 11.5 Å². The number of aryl methyl sites for hydroxylation is 5. The van der Waals surface area contributed by atoms with Crippen molar-refractivity contribution >= 4 is 135 Å². The maximum Gasteiger partial charge on any atom is 1.00 e. The van der Waals surface area contributed by atoms with Crippen molar-refractivity contribution in [2.45, 2.75) is 48.5 Å². The number of esters is 2. The number of non-ortho nitro benzene ring substituents is 2. The molecule has 4 amide bonds. The van der Waals surface area contributed by atoms with Crippen molar-refractivity contribution in [2.75, 3.05) is 45.6 Å². The predicted octanol–water partition coefficient (Wildman–Crippen LogP) is 16.7. The van der Waals surface area contributed by atoms with E-state index >= 15 is 0 Å². The standard InChI is InChI=1S/C20H15N3O6.C20H19N3O2.C16H15NO3.C14H13NO2.C9H8O4.C7H9N.C6H3FN2O4.CH3O.Cl2OS.Na.V/c1-13-4-2-3-5-17(13)21-20(24)14-6-9-16(10-7-14)29-19-11-8-15(22(25)26)12-18(19)23(27)28;1-13-4-2-3-5-18(13)23-20(24)14-6-9-16(10-7-14)25-19-11-8-15(21)12-17(19)22;1-11-5-3-4-6-15(11)17-16(19)13-7-9-14(10-8-13)20-12(2)18;1-10-4-2-3-5-13(10)15-14(17)11-6-8-12(16)9-7-11;1-6(10)13-8-4-2-7(3-5-8)9(11)12;1-6-4-2-3-5-7(6)8;7-5-2-1-4(8(10)11)3-6(5)9(12)13;1-2;1-4(2)3;;/h2-12H,1H3,(H,21,24);2-12H,21-22H2,1H3,(H,23,24);3-10H,1-2H3,(H,17,19);2-9,16H,1H3,(H,15,17);2-5H,1H3,(H,11,12);2-5H,8H2,1H3;1-3H;1H3;;;/q;;;;;;;-1;;+1;. The number of halogens is 3. The fourth-order valence-electron chi connectivity index (χ4n) is 10.4. The van der Waals surface area contributed by atoms with Crippen LogP contribution in [0.5, 0.6) is 40.2 Å². The van der Waals surface area contributed by atoms with Gasteiger partial charge in [0.1, 0.15) is 34.5 Å². The van der Waals surface area contributed by atoms with Crippen molar-refractivity contribution in [3.63, 3.8) is 0 Å². The molecule has 133 heavy (non-hydrogen) atoms. The summed E-state index contributed by atoms with van der Waals surface area (Å²) in [5.74, 6) is -1.65. The van der Waals surface area contributed by atoms with Crippen LogP contribution in [0.1, 0.15) is 93.5 Å². The van der Waals surface area contributed by atoms with Crippen LogP contribution < -0.4 is 92.1 Å². The topological polar surface area (TPSA) is 536 Å². The zero-order valence-electron chi connectivity index (χ0n) is 72.3. The number of hydrogen-bond acceptors (Lipinski definition) is 25. The maximum atomic E-state index is 12.6. The van der Waals surface area contributed by atoms with Gasteiger partial charge in [0.05, 0.1) is 43.1 Å². The zero-order valence-corrected chi connectivity index (χ0v) is 78.0. The fraction of sp³-hybridized carbons (Fsp3) is 0.0860.